The number of halogens is 2. The molecule has 0 radical (unpaired) electrons. The zero-order valence-corrected chi connectivity index (χ0v) is 12.1. The maximum atomic E-state index is 13.7. The Labute approximate surface area is 131 Å². The van der Waals surface area contributed by atoms with Crippen LogP contribution >= 0.6 is 0 Å². The minimum atomic E-state index is -0.901. The van der Waals surface area contributed by atoms with E-state index in [9.17, 15) is 13.6 Å². The van der Waals surface area contributed by atoms with Crippen LogP contribution in [0.15, 0.2) is 42.5 Å². The van der Waals surface area contributed by atoms with Crippen molar-refractivity contribution >= 4 is 16.9 Å². The van der Waals surface area contributed by atoms with E-state index in [-0.39, 0.29) is 24.1 Å². The molecule has 0 saturated carbocycles. The Kier molecular flexibility index (Phi) is 3.97. The number of benzene rings is 2. The molecule has 2 aromatic carbocycles. The van der Waals surface area contributed by atoms with Gasteiger partial charge in [-0.3, -0.25) is 4.79 Å². The quantitative estimate of drug-likeness (QED) is 0.805. The van der Waals surface area contributed by atoms with E-state index in [1.165, 1.54) is 12.1 Å². The number of aryl methyl sites for hydroxylation is 2. The Morgan fingerprint density at radius 3 is 2.35 bits per heavy atom. The van der Waals surface area contributed by atoms with Crippen LogP contribution in [0.4, 0.5) is 8.78 Å². The second-order valence-corrected chi connectivity index (χ2v) is 5.08. The Hall–Kier alpha value is -2.89. The summed E-state index contributed by atoms with van der Waals surface area (Å²) in [6.45, 7) is 0. The van der Waals surface area contributed by atoms with Crippen molar-refractivity contribution < 1.29 is 13.6 Å². The van der Waals surface area contributed by atoms with Gasteiger partial charge in [-0.1, -0.05) is 24.3 Å². The molecule has 23 heavy (non-hydrogen) atoms. The van der Waals surface area contributed by atoms with Crippen molar-refractivity contribution in [1.29, 1.82) is 0 Å². The van der Waals surface area contributed by atoms with Gasteiger partial charge in [0, 0.05) is 0 Å². The predicted octanol–water partition coefficient (Wildman–Crippen LogP) is 2.79. The number of hydrogen-bond donors (Lipinski definition) is 1. The van der Waals surface area contributed by atoms with Gasteiger partial charge >= 0.3 is 0 Å². The van der Waals surface area contributed by atoms with E-state index in [0.717, 1.165) is 6.07 Å². The molecule has 1 amide bonds. The summed E-state index contributed by atoms with van der Waals surface area (Å²) in [4.78, 5) is 20.2. The second-order valence-electron chi connectivity index (χ2n) is 5.08. The first kappa shape index (κ1) is 15.0. The number of carbonyl (C=O) groups is 1. The summed E-state index contributed by atoms with van der Waals surface area (Å²) in [5.74, 6) is -2.48. The van der Waals surface area contributed by atoms with Gasteiger partial charge in [0.2, 0.25) is 0 Å². The molecule has 0 aliphatic rings. The molecule has 4 nitrogen and oxygen atoms in total. The second kappa shape index (κ2) is 6.08. The van der Waals surface area contributed by atoms with Crippen LogP contribution in [0, 0.1) is 11.6 Å². The van der Waals surface area contributed by atoms with Crippen molar-refractivity contribution in [2.75, 3.05) is 0 Å². The lowest BCUT2D eigenvalue weighted by molar-refractivity contribution is 0.0994. The molecule has 6 heteroatoms. The van der Waals surface area contributed by atoms with E-state index < -0.39 is 17.5 Å². The van der Waals surface area contributed by atoms with Gasteiger partial charge in [0.25, 0.3) is 5.91 Å². The van der Waals surface area contributed by atoms with Crippen LogP contribution in [-0.2, 0) is 12.8 Å². The molecular formula is C17H13F2N3O. The number of amides is 1. The largest absolute Gasteiger partial charge is 0.364 e. The molecule has 0 fully saturated rings. The van der Waals surface area contributed by atoms with Crippen molar-refractivity contribution in [3.8, 4) is 0 Å². The standard InChI is InChI=1S/C17H13F2N3O/c18-11-5-3-4-10(15(11)19)8-9-14-16(17(20)23)22-13-7-2-1-6-12(13)21-14/h1-7H,8-9H2,(H2,20,23). The fourth-order valence-corrected chi connectivity index (χ4v) is 2.40. The number of hydrogen-bond acceptors (Lipinski definition) is 3. The molecule has 0 atom stereocenters. The lowest BCUT2D eigenvalue weighted by Gasteiger charge is -2.08. The smallest absolute Gasteiger partial charge is 0.269 e. The molecule has 0 aliphatic carbocycles. The van der Waals surface area contributed by atoms with Crippen LogP contribution in [0.25, 0.3) is 11.0 Å². The van der Waals surface area contributed by atoms with E-state index >= 15 is 0 Å². The third kappa shape index (κ3) is 3.01. The molecule has 0 unspecified atom stereocenters. The van der Waals surface area contributed by atoms with E-state index in [0.29, 0.717) is 16.7 Å². The lowest BCUT2D eigenvalue weighted by atomic mass is 10.1. The Morgan fingerprint density at radius 1 is 0.957 bits per heavy atom. The highest BCUT2D eigenvalue weighted by Crippen LogP contribution is 2.17. The Balaban J connectivity index is 1.96. The van der Waals surface area contributed by atoms with E-state index in [1.807, 2.05) is 0 Å². The molecule has 1 heterocycles. The van der Waals surface area contributed by atoms with E-state index in [4.69, 9.17) is 5.73 Å². The monoisotopic (exact) mass is 313 g/mol. The van der Waals surface area contributed by atoms with Crippen LogP contribution in [0.5, 0.6) is 0 Å². The molecule has 116 valence electrons. The summed E-state index contributed by atoms with van der Waals surface area (Å²) in [7, 11) is 0. The zero-order chi connectivity index (χ0) is 16.4. The predicted molar refractivity (Wildman–Crippen MR) is 81.8 cm³/mol. The number of primary amides is 1. The van der Waals surface area contributed by atoms with Crippen molar-refractivity contribution in [3.63, 3.8) is 0 Å². The number of nitrogens with two attached hydrogens (primary N) is 1. The third-order valence-corrected chi connectivity index (χ3v) is 3.54. The number of rotatable bonds is 4. The highest BCUT2D eigenvalue weighted by atomic mass is 19.2. The van der Waals surface area contributed by atoms with Gasteiger partial charge in [0.15, 0.2) is 11.6 Å². The average molecular weight is 313 g/mol. The molecule has 2 N–H and O–H groups in total. The van der Waals surface area contributed by atoms with Gasteiger partial charge in [-0.2, -0.15) is 0 Å². The minimum absolute atomic E-state index is 0.0560. The highest BCUT2D eigenvalue weighted by Gasteiger charge is 2.15. The summed E-state index contributed by atoms with van der Waals surface area (Å²) < 4.78 is 27.0. The lowest BCUT2D eigenvalue weighted by Crippen LogP contribution is -2.18. The van der Waals surface area contributed by atoms with Gasteiger partial charge in [-0.05, 0) is 36.6 Å². The first-order valence-electron chi connectivity index (χ1n) is 7.04. The van der Waals surface area contributed by atoms with Gasteiger partial charge in [-0.25, -0.2) is 18.7 Å². The topological polar surface area (TPSA) is 68.9 Å². The van der Waals surface area contributed by atoms with Gasteiger partial charge in [0.1, 0.15) is 5.69 Å². The molecule has 1 aromatic heterocycles. The fourth-order valence-electron chi connectivity index (χ4n) is 2.40. The average Bonchev–Trinajstić information content (AvgIpc) is 2.55. The summed E-state index contributed by atoms with van der Waals surface area (Å²) in [6, 6.07) is 11.1. The van der Waals surface area contributed by atoms with Crippen LogP contribution < -0.4 is 5.73 Å². The Morgan fingerprint density at radius 2 is 1.65 bits per heavy atom. The first-order valence-corrected chi connectivity index (χ1v) is 7.04. The summed E-state index contributed by atoms with van der Waals surface area (Å²) in [5, 5.41) is 0. The molecule has 0 bridgehead atoms. The highest BCUT2D eigenvalue weighted by molar-refractivity contribution is 5.93. The SMILES string of the molecule is NC(=O)c1nc2ccccc2nc1CCc1cccc(F)c1F. The van der Waals surface area contributed by atoms with Crippen molar-refractivity contribution in [1.82, 2.24) is 9.97 Å². The first-order chi connectivity index (χ1) is 11.1. The van der Waals surface area contributed by atoms with Crippen LogP contribution in [0.3, 0.4) is 0 Å². The van der Waals surface area contributed by atoms with Crippen LogP contribution in [-0.4, -0.2) is 15.9 Å². The maximum Gasteiger partial charge on any atom is 0.269 e. The van der Waals surface area contributed by atoms with Crippen LogP contribution in [0.1, 0.15) is 21.7 Å². The van der Waals surface area contributed by atoms with E-state index in [2.05, 4.69) is 9.97 Å². The van der Waals surface area contributed by atoms with Crippen LogP contribution in [0.2, 0.25) is 0 Å². The van der Waals surface area contributed by atoms with Crippen molar-refractivity contribution in [2.45, 2.75) is 12.8 Å². The van der Waals surface area contributed by atoms with Gasteiger partial charge < -0.3 is 5.73 Å². The molecule has 3 aromatic rings. The molecular weight excluding hydrogens is 300 g/mol. The number of para-hydroxylation sites is 2. The van der Waals surface area contributed by atoms with Crippen molar-refractivity contribution in [2.24, 2.45) is 5.73 Å². The molecule has 0 saturated heterocycles. The van der Waals surface area contributed by atoms with Crippen molar-refractivity contribution in [3.05, 3.63) is 71.1 Å². The molecule has 0 spiro atoms. The third-order valence-electron chi connectivity index (χ3n) is 3.54. The number of fused-ring (bicyclic) bond motifs is 1. The van der Waals surface area contributed by atoms with E-state index in [1.54, 1.807) is 24.3 Å². The number of carbonyl (C=O) groups excluding carboxylic acids is 1. The zero-order valence-electron chi connectivity index (χ0n) is 12.1. The molecule has 3 rings (SSSR count). The summed E-state index contributed by atoms with van der Waals surface area (Å²) in [5.41, 5.74) is 7.18. The normalized spacial score (nSPS) is 10.9. The number of aromatic nitrogens is 2. The van der Waals surface area contributed by atoms with Gasteiger partial charge in [0.05, 0.1) is 16.7 Å². The minimum Gasteiger partial charge on any atom is -0.364 e. The summed E-state index contributed by atoms with van der Waals surface area (Å²) in [6.07, 6.45) is 0.424. The summed E-state index contributed by atoms with van der Waals surface area (Å²) >= 11 is 0. The number of nitrogens with zero attached hydrogens (tertiary/aromatic N) is 2. The Bertz CT molecular complexity index is 896. The van der Waals surface area contributed by atoms with Gasteiger partial charge in [-0.15, -0.1) is 0 Å². The molecule has 0 aliphatic heterocycles. The fraction of sp³-hybridized carbons (Fsp3) is 0.118. The maximum absolute atomic E-state index is 13.7.